The second kappa shape index (κ2) is 4.37. The third-order valence-corrected chi connectivity index (χ3v) is 2.27. The van der Waals surface area contributed by atoms with Crippen LogP contribution < -0.4 is 10.5 Å². The minimum atomic E-state index is 0.461. The molecule has 0 saturated carbocycles. The summed E-state index contributed by atoms with van der Waals surface area (Å²) in [5, 5.41) is 0.461. The van der Waals surface area contributed by atoms with E-state index in [4.69, 9.17) is 22.1 Å². The van der Waals surface area contributed by atoms with Crippen LogP contribution in [0, 0.1) is 6.92 Å². The molecule has 2 aromatic rings. The molecule has 5 heteroatoms. The van der Waals surface area contributed by atoms with Gasteiger partial charge in [-0.3, -0.25) is 0 Å². The molecule has 0 aliphatic carbocycles. The van der Waals surface area contributed by atoms with Crippen LogP contribution in [-0.4, -0.2) is 9.97 Å². The molecule has 0 bridgehead atoms. The van der Waals surface area contributed by atoms with Gasteiger partial charge in [-0.15, -0.1) is 0 Å². The summed E-state index contributed by atoms with van der Waals surface area (Å²) in [6.07, 6.45) is 1.64. The molecule has 0 aliphatic heterocycles. The normalized spacial score (nSPS) is 10.1. The van der Waals surface area contributed by atoms with Crippen LogP contribution in [-0.2, 0) is 0 Å². The summed E-state index contributed by atoms with van der Waals surface area (Å²) in [4.78, 5) is 8.09. The molecule has 2 N–H and O–H groups in total. The molecule has 1 aromatic carbocycles. The lowest BCUT2D eigenvalue weighted by molar-refractivity contribution is 0.460. The third-order valence-electron chi connectivity index (χ3n) is 1.94. The van der Waals surface area contributed by atoms with Gasteiger partial charge in [-0.05, 0) is 19.1 Å². The van der Waals surface area contributed by atoms with Gasteiger partial charge < -0.3 is 10.5 Å². The van der Waals surface area contributed by atoms with Gasteiger partial charge in [0.05, 0.1) is 10.7 Å². The second-order valence-electron chi connectivity index (χ2n) is 3.23. The molecule has 0 amide bonds. The lowest BCUT2D eigenvalue weighted by atomic mass is 10.3. The van der Waals surface area contributed by atoms with Gasteiger partial charge in [0, 0.05) is 18.3 Å². The average Bonchev–Trinajstić information content (AvgIpc) is 2.24. The van der Waals surface area contributed by atoms with E-state index in [2.05, 4.69) is 9.97 Å². The van der Waals surface area contributed by atoms with Crippen LogP contribution in [0.5, 0.6) is 11.6 Å². The van der Waals surface area contributed by atoms with Crippen molar-refractivity contribution in [3.05, 3.63) is 41.3 Å². The van der Waals surface area contributed by atoms with Crippen molar-refractivity contribution in [2.45, 2.75) is 6.92 Å². The summed E-state index contributed by atoms with van der Waals surface area (Å²) in [6, 6.07) is 6.75. The Hall–Kier alpha value is -1.81. The van der Waals surface area contributed by atoms with Crippen molar-refractivity contribution in [2.24, 2.45) is 0 Å². The van der Waals surface area contributed by atoms with Crippen molar-refractivity contribution in [2.75, 3.05) is 5.73 Å². The molecule has 0 fully saturated rings. The van der Waals surface area contributed by atoms with Crippen LogP contribution in [0.1, 0.15) is 5.82 Å². The minimum absolute atomic E-state index is 0.461. The van der Waals surface area contributed by atoms with Crippen LogP contribution >= 0.6 is 11.6 Å². The zero-order chi connectivity index (χ0) is 11.5. The number of ether oxygens (including phenoxy) is 1. The molecule has 2 rings (SSSR count). The topological polar surface area (TPSA) is 61.0 Å². The Kier molecular flexibility index (Phi) is 2.92. The van der Waals surface area contributed by atoms with Gasteiger partial charge in [0.1, 0.15) is 11.6 Å². The van der Waals surface area contributed by atoms with E-state index in [9.17, 15) is 0 Å². The van der Waals surface area contributed by atoms with E-state index in [1.807, 2.05) is 0 Å². The van der Waals surface area contributed by atoms with E-state index in [1.165, 1.54) is 0 Å². The summed E-state index contributed by atoms with van der Waals surface area (Å²) >= 11 is 5.87. The number of nitrogens with zero attached hydrogens (tertiary/aromatic N) is 2. The van der Waals surface area contributed by atoms with Crippen LogP contribution in [0.25, 0.3) is 0 Å². The maximum Gasteiger partial charge on any atom is 0.222 e. The van der Waals surface area contributed by atoms with E-state index < -0.39 is 0 Å². The van der Waals surface area contributed by atoms with Gasteiger partial charge in [-0.1, -0.05) is 11.6 Å². The standard InChI is InChI=1S/C11H10ClN3O/c1-7-14-5-4-11(15-7)16-8-2-3-10(13)9(12)6-8/h2-6H,13H2,1H3. The van der Waals surface area contributed by atoms with Crippen LogP contribution in [0.3, 0.4) is 0 Å². The molecule has 0 atom stereocenters. The predicted octanol–water partition coefficient (Wildman–Crippen LogP) is 2.81. The van der Waals surface area contributed by atoms with Crippen molar-refractivity contribution in [3.63, 3.8) is 0 Å². The Morgan fingerprint density at radius 2 is 2.12 bits per heavy atom. The Morgan fingerprint density at radius 1 is 1.31 bits per heavy atom. The van der Waals surface area contributed by atoms with Gasteiger partial charge in [0.25, 0.3) is 0 Å². The van der Waals surface area contributed by atoms with Gasteiger partial charge in [0.15, 0.2) is 0 Å². The monoisotopic (exact) mass is 235 g/mol. The molecule has 16 heavy (non-hydrogen) atoms. The van der Waals surface area contributed by atoms with E-state index in [0.29, 0.717) is 28.2 Å². The number of hydrogen-bond acceptors (Lipinski definition) is 4. The van der Waals surface area contributed by atoms with Crippen LogP contribution in [0.2, 0.25) is 5.02 Å². The second-order valence-corrected chi connectivity index (χ2v) is 3.63. The largest absolute Gasteiger partial charge is 0.439 e. The van der Waals surface area contributed by atoms with Crippen molar-refractivity contribution in [1.82, 2.24) is 9.97 Å². The van der Waals surface area contributed by atoms with Gasteiger partial charge in [0.2, 0.25) is 5.88 Å². The molecule has 0 aliphatic rings. The van der Waals surface area contributed by atoms with E-state index in [-0.39, 0.29) is 0 Å². The Morgan fingerprint density at radius 3 is 2.81 bits per heavy atom. The first-order chi connectivity index (χ1) is 7.65. The lowest BCUT2D eigenvalue weighted by Gasteiger charge is -2.06. The fourth-order valence-corrected chi connectivity index (χ4v) is 1.35. The molecular weight excluding hydrogens is 226 g/mol. The maximum absolute atomic E-state index is 5.87. The molecule has 0 radical (unpaired) electrons. The Labute approximate surface area is 98.0 Å². The molecule has 0 spiro atoms. The number of aryl methyl sites for hydroxylation is 1. The SMILES string of the molecule is Cc1nccc(Oc2ccc(N)c(Cl)c2)n1. The first-order valence-electron chi connectivity index (χ1n) is 4.67. The summed E-state index contributed by atoms with van der Waals surface area (Å²) in [5.74, 6) is 1.73. The highest BCUT2D eigenvalue weighted by Gasteiger charge is 2.02. The number of anilines is 1. The molecule has 1 heterocycles. The predicted molar refractivity (Wildman–Crippen MR) is 62.7 cm³/mol. The van der Waals surface area contributed by atoms with E-state index in [0.717, 1.165) is 0 Å². The van der Waals surface area contributed by atoms with Crippen LogP contribution in [0.15, 0.2) is 30.5 Å². The molecule has 0 unspecified atom stereocenters. The highest BCUT2D eigenvalue weighted by atomic mass is 35.5. The number of hydrogen-bond donors (Lipinski definition) is 1. The maximum atomic E-state index is 5.87. The van der Waals surface area contributed by atoms with Crippen LogP contribution in [0.4, 0.5) is 5.69 Å². The summed E-state index contributed by atoms with van der Waals surface area (Å²) in [6.45, 7) is 1.79. The fourth-order valence-electron chi connectivity index (χ4n) is 1.18. The Balaban J connectivity index is 2.24. The molecule has 0 saturated heterocycles. The van der Waals surface area contributed by atoms with Gasteiger partial charge >= 0.3 is 0 Å². The first kappa shape index (κ1) is 10.7. The van der Waals surface area contributed by atoms with Crippen molar-refractivity contribution in [3.8, 4) is 11.6 Å². The molecule has 82 valence electrons. The number of aromatic nitrogens is 2. The van der Waals surface area contributed by atoms with Gasteiger partial charge in [-0.2, -0.15) is 4.98 Å². The summed E-state index contributed by atoms with van der Waals surface area (Å²) in [7, 11) is 0. The van der Waals surface area contributed by atoms with Crippen molar-refractivity contribution < 1.29 is 4.74 Å². The quantitative estimate of drug-likeness (QED) is 0.813. The summed E-state index contributed by atoms with van der Waals surface area (Å²) < 4.78 is 5.50. The third kappa shape index (κ3) is 2.41. The molecule has 1 aromatic heterocycles. The first-order valence-corrected chi connectivity index (χ1v) is 5.05. The zero-order valence-corrected chi connectivity index (χ0v) is 9.40. The van der Waals surface area contributed by atoms with E-state index in [1.54, 1.807) is 37.4 Å². The highest BCUT2D eigenvalue weighted by molar-refractivity contribution is 6.33. The number of benzene rings is 1. The van der Waals surface area contributed by atoms with Crippen molar-refractivity contribution >= 4 is 17.3 Å². The average molecular weight is 236 g/mol. The molecular formula is C11H10ClN3O. The smallest absolute Gasteiger partial charge is 0.222 e. The highest BCUT2D eigenvalue weighted by Crippen LogP contribution is 2.26. The number of rotatable bonds is 2. The Bertz CT molecular complexity index is 516. The number of nitrogen functional groups attached to an aromatic ring is 1. The summed E-state index contributed by atoms with van der Waals surface area (Å²) in [5.41, 5.74) is 6.11. The van der Waals surface area contributed by atoms with Gasteiger partial charge in [-0.25, -0.2) is 4.98 Å². The minimum Gasteiger partial charge on any atom is -0.439 e. The number of nitrogens with two attached hydrogens (primary N) is 1. The number of halogens is 1. The van der Waals surface area contributed by atoms with Crippen molar-refractivity contribution in [1.29, 1.82) is 0 Å². The lowest BCUT2D eigenvalue weighted by Crippen LogP contribution is -1.92. The zero-order valence-electron chi connectivity index (χ0n) is 8.64. The fraction of sp³-hybridized carbons (Fsp3) is 0.0909. The molecule has 4 nitrogen and oxygen atoms in total. The van der Waals surface area contributed by atoms with E-state index >= 15 is 0 Å².